The van der Waals surface area contributed by atoms with Crippen LogP contribution in [0.15, 0.2) is 26.8 Å². The molecule has 0 nitrogen and oxygen atoms in total. The predicted octanol–water partition coefficient (Wildman–Crippen LogP) is 6.54. The molecular formula is C8H2ClF7S3. The van der Waals surface area contributed by atoms with E-state index in [1.165, 1.54) is 0 Å². The summed E-state index contributed by atoms with van der Waals surface area (Å²) in [4.78, 5) is -2.25. The molecule has 1 aromatic rings. The number of hydrogen-bond donors (Lipinski definition) is 0. The molecule has 108 valence electrons. The van der Waals surface area contributed by atoms with Gasteiger partial charge in [-0.2, -0.15) is 30.2 Å². The number of thioether (sulfide) groups is 1. The van der Waals surface area contributed by atoms with Crippen molar-refractivity contribution in [2.75, 3.05) is 0 Å². The highest BCUT2D eigenvalue weighted by Crippen LogP contribution is 2.50. The fourth-order valence-corrected chi connectivity index (χ4v) is 3.49. The SMILES string of the molecule is FSc1c(SCl)ccc(C(F)(F)F)c1SC(F)(F)F. The van der Waals surface area contributed by atoms with Crippen LogP contribution in [-0.4, -0.2) is 5.51 Å². The molecule has 0 aliphatic rings. The Labute approximate surface area is 120 Å². The molecule has 19 heavy (non-hydrogen) atoms. The number of rotatable bonds is 3. The van der Waals surface area contributed by atoms with Crippen molar-refractivity contribution < 1.29 is 30.2 Å². The molecule has 0 fully saturated rings. The van der Waals surface area contributed by atoms with Gasteiger partial charge >= 0.3 is 11.7 Å². The van der Waals surface area contributed by atoms with Crippen LogP contribution < -0.4 is 0 Å². The number of benzene rings is 1. The second-order valence-corrected chi connectivity index (χ2v) is 5.66. The van der Waals surface area contributed by atoms with E-state index in [1.807, 2.05) is 0 Å². The summed E-state index contributed by atoms with van der Waals surface area (Å²) in [6.45, 7) is 0. The summed E-state index contributed by atoms with van der Waals surface area (Å²) in [5.41, 5.74) is -6.52. The fourth-order valence-electron chi connectivity index (χ4n) is 1.12. The van der Waals surface area contributed by atoms with Crippen molar-refractivity contribution in [2.45, 2.75) is 26.4 Å². The van der Waals surface area contributed by atoms with Crippen LogP contribution in [0.2, 0.25) is 0 Å². The lowest BCUT2D eigenvalue weighted by atomic mass is 10.2. The zero-order valence-corrected chi connectivity index (χ0v) is 11.6. The number of halogens is 8. The topological polar surface area (TPSA) is 0 Å². The molecule has 1 aromatic carbocycles. The largest absolute Gasteiger partial charge is 0.446 e. The molecule has 0 heterocycles. The zero-order valence-electron chi connectivity index (χ0n) is 8.40. The molecular weight excluding hydrogens is 361 g/mol. The third-order valence-electron chi connectivity index (χ3n) is 1.76. The Morgan fingerprint density at radius 3 is 1.89 bits per heavy atom. The lowest BCUT2D eigenvalue weighted by Gasteiger charge is -2.17. The Kier molecular flexibility index (Phi) is 5.61. The van der Waals surface area contributed by atoms with Crippen LogP contribution in [0.4, 0.5) is 30.2 Å². The maximum absolute atomic E-state index is 12.7. The number of alkyl halides is 6. The molecule has 0 atom stereocenters. The van der Waals surface area contributed by atoms with Crippen molar-refractivity contribution in [2.24, 2.45) is 0 Å². The third-order valence-corrected chi connectivity index (χ3v) is 4.46. The van der Waals surface area contributed by atoms with Gasteiger partial charge < -0.3 is 0 Å². The molecule has 0 unspecified atom stereocenters. The Hall–Kier alpha value is 0.0700. The molecule has 0 bridgehead atoms. The summed E-state index contributed by atoms with van der Waals surface area (Å²) < 4.78 is 87.4. The van der Waals surface area contributed by atoms with Gasteiger partial charge in [0, 0.05) is 9.79 Å². The van der Waals surface area contributed by atoms with E-state index in [0.29, 0.717) is 17.0 Å². The molecule has 1 rings (SSSR count). The van der Waals surface area contributed by atoms with E-state index < -0.39 is 50.9 Å². The van der Waals surface area contributed by atoms with Gasteiger partial charge in [-0.15, -0.1) is 0 Å². The molecule has 0 saturated heterocycles. The molecule has 0 N–H and O–H groups in total. The molecule has 0 aliphatic carbocycles. The first-order valence-electron chi connectivity index (χ1n) is 4.17. The van der Waals surface area contributed by atoms with Crippen molar-refractivity contribution in [3.8, 4) is 0 Å². The van der Waals surface area contributed by atoms with Crippen molar-refractivity contribution in [1.82, 2.24) is 0 Å². The Balaban J connectivity index is 3.49. The quantitative estimate of drug-likeness (QED) is 0.442. The Bertz CT molecular complexity index is 457. The average molecular weight is 363 g/mol. The maximum Gasteiger partial charge on any atom is 0.446 e. The molecule has 0 aromatic heterocycles. The molecule has 0 radical (unpaired) electrons. The molecule has 0 aliphatic heterocycles. The lowest BCUT2D eigenvalue weighted by Crippen LogP contribution is -2.10. The highest BCUT2D eigenvalue weighted by Gasteiger charge is 2.40. The minimum Gasteiger partial charge on any atom is -0.166 e. The third kappa shape index (κ3) is 4.54. The van der Waals surface area contributed by atoms with Gasteiger partial charge in [-0.3, -0.25) is 0 Å². The molecule has 0 spiro atoms. The first-order chi connectivity index (χ1) is 8.60. The number of hydrogen-bond acceptors (Lipinski definition) is 3. The van der Waals surface area contributed by atoms with E-state index >= 15 is 0 Å². The van der Waals surface area contributed by atoms with E-state index in [-0.39, 0.29) is 4.90 Å². The smallest absolute Gasteiger partial charge is 0.166 e. The van der Waals surface area contributed by atoms with Crippen LogP contribution in [0, 0.1) is 0 Å². The first-order valence-corrected chi connectivity index (χ1v) is 7.35. The van der Waals surface area contributed by atoms with Crippen LogP contribution in [0.3, 0.4) is 0 Å². The van der Waals surface area contributed by atoms with Crippen molar-refractivity contribution >= 4 is 45.6 Å². The standard InChI is InChI=1S/C8H2ClF7S3/c9-18-4-2-1-3(7(10,11)12)5(6(4)19-16)17-8(13,14)15/h1-2H. The van der Waals surface area contributed by atoms with Crippen molar-refractivity contribution in [3.63, 3.8) is 0 Å². The van der Waals surface area contributed by atoms with Crippen LogP contribution in [-0.2, 0) is 6.18 Å². The predicted molar refractivity (Wildman–Crippen MR) is 62.0 cm³/mol. The molecule has 11 heteroatoms. The van der Waals surface area contributed by atoms with E-state index in [1.54, 1.807) is 0 Å². The van der Waals surface area contributed by atoms with Gasteiger partial charge in [0.2, 0.25) is 0 Å². The first kappa shape index (κ1) is 17.1. The summed E-state index contributed by atoms with van der Waals surface area (Å²) in [7, 11) is 5.63. The van der Waals surface area contributed by atoms with Gasteiger partial charge in [-0.05, 0) is 45.6 Å². The zero-order chi connectivity index (χ0) is 14.8. The maximum atomic E-state index is 12.7. The summed E-state index contributed by atoms with van der Waals surface area (Å²) in [5.74, 6) is 0. The van der Waals surface area contributed by atoms with E-state index in [4.69, 9.17) is 10.7 Å². The highest BCUT2D eigenvalue weighted by molar-refractivity contribution is 8.21. The van der Waals surface area contributed by atoms with Crippen molar-refractivity contribution in [3.05, 3.63) is 17.7 Å². The monoisotopic (exact) mass is 362 g/mol. The summed E-state index contributed by atoms with van der Waals surface area (Å²) in [6, 6.07) is 1.27. The average Bonchev–Trinajstić information content (AvgIpc) is 2.24. The lowest BCUT2D eigenvalue weighted by molar-refractivity contribution is -0.140. The van der Waals surface area contributed by atoms with Crippen LogP contribution in [0.25, 0.3) is 0 Å². The summed E-state index contributed by atoms with van der Waals surface area (Å²) >= 11 is -1.73. The Morgan fingerprint density at radius 1 is 0.947 bits per heavy atom. The van der Waals surface area contributed by atoms with Crippen LogP contribution >= 0.6 is 45.6 Å². The van der Waals surface area contributed by atoms with Crippen LogP contribution in [0.5, 0.6) is 0 Å². The Morgan fingerprint density at radius 2 is 1.53 bits per heavy atom. The molecule has 0 saturated carbocycles. The van der Waals surface area contributed by atoms with Gasteiger partial charge in [-0.25, -0.2) is 0 Å². The van der Waals surface area contributed by atoms with Gasteiger partial charge in [-0.1, -0.05) is 0 Å². The van der Waals surface area contributed by atoms with E-state index in [2.05, 4.69) is 0 Å². The summed E-state index contributed by atoms with van der Waals surface area (Å²) in [5, 5.41) is 0. The minimum absolute atomic E-state index is 0.214. The van der Waals surface area contributed by atoms with Crippen molar-refractivity contribution in [1.29, 1.82) is 0 Å². The molecule has 0 amide bonds. The van der Waals surface area contributed by atoms with Crippen LogP contribution in [0.1, 0.15) is 5.56 Å². The van der Waals surface area contributed by atoms with Gasteiger partial charge in [0.15, 0.2) is 0 Å². The van der Waals surface area contributed by atoms with Gasteiger partial charge in [0.25, 0.3) is 0 Å². The summed E-state index contributed by atoms with van der Waals surface area (Å²) in [6.07, 6.45) is -5.02. The minimum atomic E-state index is -5.02. The normalized spacial score (nSPS) is 12.8. The second kappa shape index (κ2) is 6.23. The second-order valence-electron chi connectivity index (χ2n) is 2.97. The highest BCUT2D eigenvalue weighted by atomic mass is 35.7. The van der Waals surface area contributed by atoms with E-state index in [0.717, 1.165) is 6.07 Å². The van der Waals surface area contributed by atoms with E-state index in [9.17, 15) is 30.2 Å². The fraction of sp³-hybridized carbons (Fsp3) is 0.250. The van der Waals surface area contributed by atoms with Gasteiger partial charge in [0.1, 0.15) is 0 Å². The van der Waals surface area contributed by atoms with Gasteiger partial charge in [0.05, 0.1) is 22.6 Å².